The van der Waals surface area contributed by atoms with Gasteiger partial charge in [-0.25, -0.2) is 18.1 Å². The van der Waals surface area contributed by atoms with E-state index in [1.54, 1.807) is 13.8 Å². The zero-order chi connectivity index (χ0) is 14.0. The lowest BCUT2D eigenvalue weighted by molar-refractivity contribution is 0.462. The highest BCUT2D eigenvalue weighted by Gasteiger charge is 2.16. The monoisotopic (exact) mass is 282 g/mol. The molecule has 1 aromatic carbocycles. The Morgan fingerprint density at radius 1 is 1.37 bits per heavy atom. The fourth-order valence-corrected chi connectivity index (χ4v) is 2.52. The molecule has 0 aliphatic heterocycles. The Morgan fingerprint density at radius 3 is 2.68 bits per heavy atom. The Morgan fingerprint density at radius 2 is 2.11 bits per heavy atom. The lowest BCUT2D eigenvalue weighted by atomic mass is 10.3. The summed E-state index contributed by atoms with van der Waals surface area (Å²) in [6.07, 6.45) is 0. The molecule has 7 heteroatoms. The number of phenolic OH excluding ortho intramolecular Hbond substituents is 1. The van der Waals surface area contributed by atoms with Crippen molar-refractivity contribution in [3.8, 4) is 5.75 Å². The number of aromatic hydroxyl groups is 1. The summed E-state index contributed by atoms with van der Waals surface area (Å²) in [5.41, 5.74) is 0.728. The number of nitrogens with zero attached hydrogens (tertiary/aromatic N) is 1. The summed E-state index contributed by atoms with van der Waals surface area (Å²) in [7, 11) is -3.69. The third-order valence-corrected chi connectivity index (χ3v) is 4.01. The van der Waals surface area contributed by atoms with Gasteiger partial charge in [0.1, 0.15) is 11.5 Å². The van der Waals surface area contributed by atoms with Gasteiger partial charge < -0.3 is 9.52 Å². The lowest BCUT2D eigenvalue weighted by Gasteiger charge is -2.05. The van der Waals surface area contributed by atoms with Crippen LogP contribution in [0.15, 0.2) is 33.6 Å². The Balaban J connectivity index is 2.14. The third-order valence-electron chi connectivity index (χ3n) is 2.61. The number of sulfonamides is 1. The first-order valence-electron chi connectivity index (χ1n) is 5.60. The smallest absolute Gasteiger partial charge is 0.241 e. The molecule has 0 radical (unpaired) electrons. The van der Waals surface area contributed by atoms with E-state index in [1.165, 1.54) is 24.3 Å². The molecule has 0 fully saturated rings. The molecule has 102 valence electrons. The predicted molar refractivity (Wildman–Crippen MR) is 68.1 cm³/mol. The van der Waals surface area contributed by atoms with E-state index in [0.717, 1.165) is 5.69 Å². The SMILES string of the molecule is Cc1nc(CNS(=O)(=O)c2cccc(O)c2)oc1C. The van der Waals surface area contributed by atoms with Gasteiger partial charge in [-0.1, -0.05) is 6.07 Å². The first kappa shape index (κ1) is 13.6. The van der Waals surface area contributed by atoms with E-state index in [2.05, 4.69) is 9.71 Å². The van der Waals surface area contributed by atoms with Gasteiger partial charge in [0.15, 0.2) is 0 Å². The molecule has 0 amide bonds. The molecule has 1 aromatic heterocycles. The zero-order valence-electron chi connectivity index (χ0n) is 10.5. The summed E-state index contributed by atoms with van der Waals surface area (Å²) in [4.78, 5) is 4.07. The average Bonchev–Trinajstić information content (AvgIpc) is 2.67. The van der Waals surface area contributed by atoms with Gasteiger partial charge in [0.2, 0.25) is 15.9 Å². The molecule has 19 heavy (non-hydrogen) atoms. The minimum Gasteiger partial charge on any atom is -0.508 e. The molecule has 2 N–H and O–H groups in total. The van der Waals surface area contributed by atoms with Crippen LogP contribution in [0, 0.1) is 13.8 Å². The fraction of sp³-hybridized carbons (Fsp3) is 0.250. The number of phenols is 1. The molecular weight excluding hydrogens is 268 g/mol. The van der Waals surface area contributed by atoms with E-state index in [-0.39, 0.29) is 17.2 Å². The van der Waals surface area contributed by atoms with E-state index >= 15 is 0 Å². The van der Waals surface area contributed by atoms with Crippen molar-refractivity contribution >= 4 is 10.0 Å². The van der Waals surface area contributed by atoms with Gasteiger partial charge >= 0.3 is 0 Å². The Hall–Kier alpha value is -1.86. The predicted octanol–water partition coefficient (Wildman–Crippen LogP) is 1.48. The van der Waals surface area contributed by atoms with Crippen molar-refractivity contribution in [1.29, 1.82) is 0 Å². The van der Waals surface area contributed by atoms with Crippen molar-refractivity contribution in [1.82, 2.24) is 9.71 Å². The van der Waals surface area contributed by atoms with Gasteiger partial charge in [0.05, 0.1) is 17.1 Å². The van der Waals surface area contributed by atoms with Gasteiger partial charge in [0.25, 0.3) is 0 Å². The number of aryl methyl sites for hydroxylation is 2. The molecule has 1 heterocycles. The Kier molecular flexibility index (Phi) is 3.59. The quantitative estimate of drug-likeness (QED) is 0.886. The van der Waals surface area contributed by atoms with Crippen molar-refractivity contribution in [3.05, 3.63) is 41.6 Å². The van der Waals surface area contributed by atoms with Crippen molar-refractivity contribution < 1.29 is 17.9 Å². The summed E-state index contributed by atoms with van der Waals surface area (Å²) in [5, 5.41) is 9.28. The van der Waals surface area contributed by atoms with Gasteiger partial charge in [0, 0.05) is 0 Å². The average molecular weight is 282 g/mol. The second-order valence-corrected chi connectivity index (χ2v) is 5.84. The number of oxazole rings is 1. The molecule has 0 saturated heterocycles. The van der Waals surface area contributed by atoms with Crippen LogP contribution in [0.3, 0.4) is 0 Å². The second-order valence-electron chi connectivity index (χ2n) is 4.07. The number of aromatic nitrogens is 1. The van der Waals surface area contributed by atoms with Crippen LogP contribution in [0.2, 0.25) is 0 Å². The highest BCUT2D eigenvalue weighted by molar-refractivity contribution is 7.89. The highest BCUT2D eigenvalue weighted by Crippen LogP contribution is 2.16. The number of hydrogen-bond donors (Lipinski definition) is 2. The van der Waals surface area contributed by atoms with Crippen LogP contribution in [-0.4, -0.2) is 18.5 Å². The van der Waals surface area contributed by atoms with Crippen molar-refractivity contribution in [2.24, 2.45) is 0 Å². The topological polar surface area (TPSA) is 92.4 Å². The maximum Gasteiger partial charge on any atom is 0.241 e. The zero-order valence-corrected chi connectivity index (χ0v) is 11.4. The summed E-state index contributed by atoms with van der Waals surface area (Å²) >= 11 is 0. The molecule has 2 rings (SSSR count). The minimum atomic E-state index is -3.69. The van der Waals surface area contributed by atoms with Crippen LogP contribution in [0.1, 0.15) is 17.3 Å². The van der Waals surface area contributed by atoms with Crippen LogP contribution >= 0.6 is 0 Å². The van der Waals surface area contributed by atoms with E-state index in [4.69, 9.17) is 4.42 Å². The van der Waals surface area contributed by atoms with E-state index in [1.807, 2.05) is 0 Å². The fourth-order valence-electron chi connectivity index (χ4n) is 1.51. The first-order chi connectivity index (χ1) is 8.88. The molecule has 0 saturated carbocycles. The highest BCUT2D eigenvalue weighted by atomic mass is 32.2. The molecule has 0 spiro atoms. The maximum atomic E-state index is 12.0. The molecule has 0 aliphatic carbocycles. The molecular formula is C12H14N2O4S. The maximum absolute atomic E-state index is 12.0. The normalized spacial score (nSPS) is 11.7. The van der Waals surface area contributed by atoms with Gasteiger partial charge in [-0.15, -0.1) is 0 Å². The largest absolute Gasteiger partial charge is 0.508 e. The van der Waals surface area contributed by atoms with E-state index in [0.29, 0.717) is 11.7 Å². The Bertz CT molecular complexity index is 672. The van der Waals surface area contributed by atoms with Crippen molar-refractivity contribution in [3.63, 3.8) is 0 Å². The molecule has 6 nitrogen and oxygen atoms in total. The van der Waals surface area contributed by atoms with Crippen molar-refractivity contribution in [2.45, 2.75) is 25.3 Å². The molecule has 2 aromatic rings. The molecule has 0 atom stereocenters. The number of nitrogens with one attached hydrogen (secondary N) is 1. The van der Waals surface area contributed by atoms with Gasteiger partial charge in [-0.05, 0) is 32.0 Å². The van der Waals surface area contributed by atoms with Gasteiger partial charge in [-0.2, -0.15) is 0 Å². The third kappa shape index (κ3) is 3.12. The number of benzene rings is 1. The number of rotatable bonds is 4. The summed E-state index contributed by atoms with van der Waals surface area (Å²) in [6.45, 7) is 3.51. The summed E-state index contributed by atoms with van der Waals surface area (Å²) in [5.74, 6) is 0.857. The summed E-state index contributed by atoms with van der Waals surface area (Å²) < 4.78 is 31.6. The van der Waals surface area contributed by atoms with Crippen LogP contribution in [0.4, 0.5) is 0 Å². The van der Waals surface area contributed by atoms with E-state index in [9.17, 15) is 13.5 Å². The minimum absolute atomic E-state index is 0.00694. The first-order valence-corrected chi connectivity index (χ1v) is 7.08. The van der Waals surface area contributed by atoms with Crippen LogP contribution in [-0.2, 0) is 16.6 Å². The van der Waals surface area contributed by atoms with Crippen LogP contribution in [0.25, 0.3) is 0 Å². The molecule has 0 aliphatic rings. The van der Waals surface area contributed by atoms with Crippen LogP contribution in [0.5, 0.6) is 5.75 Å². The van der Waals surface area contributed by atoms with Crippen LogP contribution < -0.4 is 4.72 Å². The van der Waals surface area contributed by atoms with Gasteiger partial charge in [-0.3, -0.25) is 0 Å². The lowest BCUT2D eigenvalue weighted by Crippen LogP contribution is -2.23. The molecule has 0 bridgehead atoms. The van der Waals surface area contributed by atoms with E-state index < -0.39 is 10.0 Å². The second kappa shape index (κ2) is 5.02. The number of hydrogen-bond acceptors (Lipinski definition) is 5. The Labute approximate surface area is 111 Å². The standard InChI is InChI=1S/C12H14N2O4S/c1-8-9(2)18-12(14-8)7-13-19(16,17)11-5-3-4-10(15)6-11/h3-6,13,15H,7H2,1-2H3. The molecule has 0 unspecified atom stereocenters. The summed E-state index contributed by atoms with van der Waals surface area (Å²) in [6, 6.07) is 5.44. The van der Waals surface area contributed by atoms with Crippen molar-refractivity contribution in [2.75, 3.05) is 0 Å².